The van der Waals surface area contributed by atoms with Gasteiger partial charge in [-0.2, -0.15) is 5.10 Å². The zero-order valence-electron chi connectivity index (χ0n) is 14.6. The predicted molar refractivity (Wildman–Crippen MR) is 90.3 cm³/mol. The van der Waals surface area contributed by atoms with Crippen LogP contribution in [0.25, 0.3) is 0 Å². The van der Waals surface area contributed by atoms with Crippen LogP contribution in [0.3, 0.4) is 0 Å². The molecule has 1 aromatic carbocycles. The van der Waals surface area contributed by atoms with Crippen molar-refractivity contribution < 1.29 is 32.6 Å². The van der Waals surface area contributed by atoms with E-state index in [0.717, 1.165) is 10.7 Å². The van der Waals surface area contributed by atoms with Crippen LogP contribution in [-0.4, -0.2) is 34.6 Å². The molecule has 148 valence electrons. The van der Waals surface area contributed by atoms with Gasteiger partial charge in [0.15, 0.2) is 23.8 Å². The molecule has 0 bridgehead atoms. The second kappa shape index (κ2) is 7.62. The molecule has 0 unspecified atom stereocenters. The van der Waals surface area contributed by atoms with Gasteiger partial charge < -0.3 is 19.5 Å². The van der Waals surface area contributed by atoms with Gasteiger partial charge in [0.2, 0.25) is 0 Å². The molecular weight excluding hydrogens is 380 g/mol. The smallest absolute Gasteiger partial charge is 0.451 e. The second-order valence-corrected chi connectivity index (χ2v) is 5.73. The summed E-state index contributed by atoms with van der Waals surface area (Å²) < 4.78 is 40.5. The Morgan fingerprint density at radius 3 is 2.71 bits per heavy atom. The molecule has 9 nitrogen and oxygen atoms in total. The average molecular weight is 395 g/mol. The van der Waals surface area contributed by atoms with Crippen molar-refractivity contribution in [2.75, 3.05) is 11.9 Å². The van der Waals surface area contributed by atoms with E-state index >= 15 is 0 Å². The molecule has 0 spiro atoms. The van der Waals surface area contributed by atoms with Crippen molar-refractivity contribution in [1.29, 1.82) is 0 Å². The molecular formula is C17H15F2N3O6. The largest absolute Gasteiger partial charge is 0.586 e. The van der Waals surface area contributed by atoms with Gasteiger partial charge in [-0.1, -0.05) is 6.92 Å². The fourth-order valence-electron chi connectivity index (χ4n) is 2.36. The summed E-state index contributed by atoms with van der Waals surface area (Å²) in [5, 5.41) is 6.25. The third-order valence-corrected chi connectivity index (χ3v) is 3.53. The number of fused-ring (bicyclic) bond motifs is 1. The lowest BCUT2D eigenvalue weighted by atomic mass is 10.3. The van der Waals surface area contributed by atoms with Gasteiger partial charge in [-0.25, -0.2) is 9.48 Å². The first-order valence-corrected chi connectivity index (χ1v) is 8.22. The van der Waals surface area contributed by atoms with Gasteiger partial charge in [0.05, 0.1) is 0 Å². The molecule has 11 heteroatoms. The summed E-state index contributed by atoms with van der Waals surface area (Å²) in [7, 11) is 0. The van der Waals surface area contributed by atoms with Crippen molar-refractivity contribution in [3.63, 3.8) is 0 Å². The summed E-state index contributed by atoms with van der Waals surface area (Å²) >= 11 is 0. The normalized spacial score (nSPS) is 13.8. The van der Waals surface area contributed by atoms with Crippen molar-refractivity contribution in [1.82, 2.24) is 9.78 Å². The lowest BCUT2D eigenvalue weighted by Crippen LogP contribution is -2.26. The number of aryl methyl sites for hydroxylation is 1. The highest BCUT2D eigenvalue weighted by Gasteiger charge is 2.43. The van der Waals surface area contributed by atoms with Crippen molar-refractivity contribution in [3.8, 4) is 11.5 Å². The zero-order chi connectivity index (χ0) is 20.3. The number of aromatic nitrogens is 2. The highest BCUT2D eigenvalue weighted by molar-refractivity contribution is 5.95. The average Bonchev–Trinajstić information content (AvgIpc) is 2.94. The first kappa shape index (κ1) is 19.3. The molecule has 0 saturated carbocycles. The molecule has 1 aliphatic rings. The van der Waals surface area contributed by atoms with Crippen molar-refractivity contribution >= 4 is 17.6 Å². The minimum atomic E-state index is -3.76. The molecule has 1 aromatic heterocycles. The highest BCUT2D eigenvalue weighted by Crippen LogP contribution is 2.42. The number of nitrogens with zero attached hydrogens (tertiary/aromatic N) is 2. The lowest BCUT2D eigenvalue weighted by molar-refractivity contribution is -0.286. The van der Waals surface area contributed by atoms with Gasteiger partial charge in [0, 0.05) is 24.4 Å². The Balaban J connectivity index is 1.57. The number of carbonyl (C=O) groups is 2. The maximum atomic E-state index is 13.0. The Morgan fingerprint density at radius 1 is 1.21 bits per heavy atom. The van der Waals surface area contributed by atoms with E-state index in [9.17, 15) is 23.2 Å². The molecule has 0 radical (unpaired) electrons. The number of carbonyl (C=O) groups excluding carboxylic acids is 2. The number of benzene rings is 1. The van der Waals surface area contributed by atoms with Crippen LogP contribution in [0.15, 0.2) is 35.1 Å². The monoisotopic (exact) mass is 395 g/mol. The third kappa shape index (κ3) is 4.42. The van der Waals surface area contributed by atoms with Crippen LogP contribution in [0.2, 0.25) is 0 Å². The molecule has 3 rings (SSSR count). The molecule has 0 aliphatic carbocycles. The fourth-order valence-corrected chi connectivity index (χ4v) is 2.36. The molecule has 2 aromatic rings. The molecule has 0 atom stereocenters. The van der Waals surface area contributed by atoms with E-state index in [0.29, 0.717) is 13.0 Å². The molecule has 1 amide bonds. The van der Waals surface area contributed by atoms with E-state index in [1.807, 2.05) is 6.92 Å². The SMILES string of the molecule is CCCn1nc(C(=O)OCC(=O)Nc2ccc3c(c2)OC(F)(F)O3)ccc1=O. The summed E-state index contributed by atoms with van der Waals surface area (Å²) in [4.78, 5) is 35.5. The Kier molecular flexibility index (Phi) is 5.25. The van der Waals surface area contributed by atoms with Crippen LogP contribution in [0.4, 0.5) is 14.5 Å². The Hall–Kier alpha value is -3.50. The van der Waals surface area contributed by atoms with Gasteiger partial charge in [0.25, 0.3) is 11.5 Å². The van der Waals surface area contributed by atoms with Gasteiger partial charge in [0.1, 0.15) is 0 Å². The first-order chi connectivity index (χ1) is 13.3. The van der Waals surface area contributed by atoms with Gasteiger partial charge >= 0.3 is 12.3 Å². The predicted octanol–water partition coefficient (Wildman–Crippen LogP) is 1.77. The topological polar surface area (TPSA) is 109 Å². The molecule has 0 fully saturated rings. The number of hydrogen-bond donors (Lipinski definition) is 1. The lowest BCUT2D eigenvalue weighted by Gasteiger charge is -2.08. The van der Waals surface area contributed by atoms with Crippen LogP contribution >= 0.6 is 0 Å². The molecule has 2 heterocycles. The summed E-state index contributed by atoms with van der Waals surface area (Å²) in [6.07, 6.45) is -3.11. The third-order valence-electron chi connectivity index (χ3n) is 3.53. The number of esters is 1. The number of nitrogens with one attached hydrogen (secondary N) is 1. The number of alkyl halides is 2. The zero-order valence-corrected chi connectivity index (χ0v) is 14.6. The first-order valence-electron chi connectivity index (χ1n) is 8.22. The van der Waals surface area contributed by atoms with E-state index < -0.39 is 24.8 Å². The Morgan fingerprint density at radius 2 is 1.96 bits per heavy atom. The molecule has 1 N–H and O–H groups in total. The standard InChI is InChI=1S/C17H15F2N3O6/c1-2-7-22-15(24)6-4-11(21-22)16(25)26-9-14(23)20-10-3-5-12-13(8-10)28-17(18,19)27-12/h3-6,8H,2,7,9H2,1H3,(H,20,23). The number of rotatable bonds is 6. The minimum Gasteiger partial charge on any atom is -0.451 e. The highest BCUT2D eigenvalue weighted by atomic mass is 19.3. The van der Waals surface area contributed by atoms with Crippen molar-refractivity contribution in [2.45, 2.75) is 26.2 Å². The van der Waals surface area contributed by atoms with Crippen LogP contribution in [0.5, 0.6) is 11.5 Å². The van der Waals surface area contributed by atoms with Crippen LogP contribution in [0, 0.1) is 0 Å². The molecule has 1 aliphatic heterocycles. The fraction of sp³-hybridized carbons (Fsp3) is 0.294. The van der Waals surface area contributed by atoms with E-state index in [4.69, 9.17) is 4.74 Å². The van der Waals surface area contributed by atoms with E-state index in [1.54, 1.807) is 0 Å². The minimum absolute atomic E-state index is 0.119. The summed E-state index contributed by atoms with van der Waals surface area (Å²) in [5.41, 5.74) is -0.327. The summed E-state index contributed by atoms with van der Waals surface area (Å²) in [6, 6.07) is 6.07. The van der Waals surface area contributed by atoms with E-state index in [1.165, 1.54) is 24.3 Å². The number of halogens is 2. The van der Waals surface area contributed by atoms with Crippen LogP contribution < -0.4 is 20.3 Å². The Labute approximate surface area is 156 Å². The number of amides is 1. The molecule has 28 heavy (non-hydrogen) atoms. The summed E-state index contributed by atoms with van der Waals surface area (Å²) in [6.45, 7) is 1.54. The van der Waals surface area contributed by atoms with E-state index in [2.05, 4.69) is 19.9 Å². The number of hydrogen-bond acceptors (Lipinski definition) is 7. The maximum Gasteiger partial charge on any atom is 0.586 e. The van der Waals surface area contributed by atoms with Crippen LogP contribution in [0.1, 0.15) is 23.8 Å². The number of ether oxygens (including phenoxy) is 3. The quantitative estimate of drug-likeness (QED) is 0.743. The Bertz CT molecular complexity index is 976. The second-order valence-electron chi connectivity index (χ2n) is 5.73. The summed E-state index contributed by atoms with van der Waals surface area (Å²) in [5.74, 6) is -1.99. The maximum absolute atomic E-state index is 13.0. The van der Waals surface area contributed by atoms with Crippen molar-refractivity contribution in [3.05, 3.63) is 46.4 Å². The number of anilines is 1. The molecule has 0 saturated heterocycles. The van der Waals surface area contributed by atoms with Gasteiger partial charge in [-0.15, -0.1) is 8.78 Å². The van der Waals surface area contributed by atoms with E-state index in [-0.39, 0.29) is 28.4 Å². The van der Waals surface area contributed by atoms with Crippen molar-refractivity contribution in [2.24, 2.45) is 0 Å². The van der Waals surface area contributed by atoms with Crippen LogP contribution in [-0.2, 0) is 16.1 Å². The van der Waals surface area contributed by atoms with Gasteiger partial charge in [-0.3, -0.25) is 9.59 Å². The van der Waals surface area contributed by atoms with Gasteiger partial charge in [-0.05, 0) is 24.6 Å².